The van der Waals surface area contributed by atoms with Gasteiger partial charge in [0, 0.05) is 38.8 Å². The van der Waals surface area contributed by atoms with E-state index in [1.54, 1.807) is 0 Å². The van der Waals surface area contributed by atoms with E-state index in [1.807, 2.05) is 18.7 Å². The molecular formula is C16H29ClN4. The second kappa shape index (κ2) is 7.12. The molecule has 1 aliphatic rings. The van der Waals surface area contributed by atoms with Crippen LogP contribution in [0.5, 0.6) is 0 Å². The van der Waals surface area contributed by atoms with Crippen molar-refractivity contribution in [2.24, 2.45) is 13.0 Å². The maximum absolute atomic E-state index is 6.44. The van der Waals surface area contributed by atoms with Crippen molar-refractivity contribution in [3.8, 4) is 0 Å². The Morgan fingerprint density at radius 2 is 2.14 bits per heavy atom. The Bertz CT molecular complexity index is 471. The summed E-state index contributed by atoms with van der Waals surface area (Å²) in [4.78, 5) is 2.60. The van der Waals surface area contributed by atoms with Crippen LogP contribution in [0.2, 0.25) is 5.02 Å². The number of piperazine rings is 1. The summed E-state index contributed by atoms with van der Waals surface area (Å²) in [5, 5.41) is 8.96. The van der Waals surface area contributed by atoms with Gasteiger partial charge in [-0.1, -0.05) is 38.8 Å². The largest absolute Gasteiger partial charge is 0.311 e. The zero-order chi connectivity index (χ0) is 15.6. The number of nitrogens with one attached hydrogen (secondary N) is 1. The number of aromatic nitrogens is 2. The molecule has 5 heteroatoms. The molecule has 1 N–H and O–H groups in total. The molecule has 0 saturated carbocycles. The Labute approximate surface area is 133 Å². The Hall–Kier alpha value is -0.580. The third kappa shape index (κ3) is 3.61. The van der Waals surface area contributed by atoms with Gasteiger partial charge < -0.3 is 5.32 Å². The molecule has 1 fully saturated rings. The highest BCUT2D eigenvalue weighted by Gasteiger charge is 2.31. The van der Waals surface area contributed by atoms with E-state index in [9.17, 15) is 0 Å². The molecule has 0 amide bonds. The minimum Gasteiger partial charge on any atom is -0.311 e. The van der Waals surface area contributed by atoms with Crippen molar-refractivity contribution >= 4 is 11.6 Å². The molecule has 1 saturated heterocycles. The summed E-state index contributed by atoms with van der Waals surface area (Å²) >= 11 is 6.44. The highest BCUT2D eigenvalue weighted by molar-refractivity contribution is 6.31. The fraction of sp³-hybridized carbons (Fsp3) is 0.812. The zero-order valence-corrected chi connectivity index (χ0v) is 14.7. The van der Waals surface area contributed by atoms with Crippen LogP contribution in [0, 0.1) is 12.8 Å². The molecule has 120 valence electrons. The van der Waals surface area contributed by atoms with E-state index in [2.05, 4.69) is 36.1 Å². The maximum Gasteiger partial charge on any atom is 0.0860 e. The fourth-order valence-corrected chi connectivity index (χ4v) is 3.45. The third-order valence-corrected chi connectivity index (χ3v) is 5.44. The quantitative estimate of drug-likeness (QED) is 0.907. The molecule has 0 radical (unpaired) electrons. The summed E-state index contributed by atoms with van der Waals surface area (Å²) in [6, 6.07) is 1.16. The van der Waals surface area contributed by atoms with Gasteiger partial charge in [-0.2, -0.15) is 5.10 Å². The molecule has 0 spiro atoms. The third-order valence-electron chi connectivity index (χ3n) is 4.95. The maximum atomic E-state index is 6.44. The summed E-state index contributed by atoms with van der Waals surface area (Å²) in [5.41, 5.74) is 2.07. The minimum atomic E-state index is 0.573. The fourth-order valence-electron chi connectivity index (χ4n) is 3.23. The molecule has 0 aliphatic carbocycles. The first-order valence-corrected chi connectivity index (χ1v) is 8.51. The highest BCUT2D eigenvalue weighted by atomic mass is 35.5. The first-order chi connectivity index (χ1) is 9.97. The van der Waals surface area contributed by atoms with Gasteiger partial charge >= 0.3 is 0 Å². The summed E-state index contributed by atoms with van der Waals surface area (Å²) in [6.45, 7) is 11.9. The van der Waals surface area contributed by atoms with Crippen molar-refractivity contribution in [2.75, 3.05) is 13.1 Å². The molecule has 0 bridgehead atoms. The van der Waals surface area contributed by atoms with Crippen LogP contribution < -0.4 is 5.32 Å². The Morgan fingerprint density at radius 3 is 2.67 bits per heavy atom. The van der Waals surface area contributed by atoms with E-state index in [0.717, 1.165) is 36.0 Å². The second-order valence-electron chi connectivity index (χ2n) is 6.37. The van der Waals surface area contributed by atoms with E-state index < -0.39 is 0 Å². The van der Waals surface area contributed by atoms with E-state index in [4.69, 9.17) is 11.6 Å². The minimum absolute atomic E-state index is 0.573. The van der Waals surface area contributed by atoms with Gasteiger partial charge in [-0.15, -0.1) is 0 Å². The smallest absolute Gasteiger partial charge is 0.0860 e. The standard InChI is InChI=1S/C16H29ClN4/c1-6-11(3)14-8-18-13(7-2)9-21(14)10-15-16(17)12(4)19-20(15)5/h11,13-14,18H,6-10H2,1-5H3. The zero-order valence-electron chi connectivity index (χ0n) is 14.0. The van der Waals surface area contributed by atoms with Crippen LogP contribution in [0.1, 0.15) is 45.0 Å². The molecule has 2 rings (SSSR count). The summed E-state index contributed by atoms with van der Waals surface area (Å²) in [5.74, 6) is 0.684. The molecule has 0 aromatic carbocycles. The van der Waals surface area contributed by atoms with Crippen LogP contribution in [0.25, 0.3) is 0 Å². The molecule has 1 aliphatic heterocycles. The van der Waals surface area contributed by atoms with E-state index >= 15 is 0 Å². The van der Waals surface area contributed by atoms with Crippen molar-refractivity contribution in [1.82, 2.24) is 20.0 Å². The lowest BCUT2D eigenvalue weighted by Gasteiger charge is -2.43. The van der Waals surface area contributed by atoms with Crippen LogP contribution in [-0.2, 0) is 13.6 Å². The molecule has 3 unspecified atom stereocenters. The van der Waals surface area contributed by atoms with Crippen LogP contribution in [0.15, 0.2) is 0 Å². The number of nitrogens with zero attached hydrogens (tertiary/aromatic N) is 3. The van der Waals surface area contributed by atoms with E-state index in [1.165, 1.54) is 12.8 Å². The van der Waals surface area contributed by atoms with Crippen molar-refractivity contribution < 1.29 is 0 Å². The van der Waals surface area contributed by atoms with Crippen molar-refractivity contribution in [2.45, 2.75) is 59.2 Å². The van der Waals surface area contributed by atoms with Crippen molar-refractivity contribution in [3.63, 3.8) is 0 Å². The number of hydrogen-bond acceptors (Lipinski definition) is 3. The lowest BCUT2D eigenvalue weighted by Crippen LogP contribution is -2.58. The van der Waals surface area contributed by atoms with Crippen LogP contribution >= 0.6 is 11.6 Å². The molecule has 2 heterocycles. The number of rotatable bonds is 5. The average molecular weight is 313 g/mol. The topological polar surface area (TPSA) is 33.1 Å². The Kier molecular flexibility index (Phi) is 5.69. The lowest BCUT2D eigenvalue weighted by molar-refractivity contribution is 0.0810. The van der Waals surface area contributed by atoms with Crippen LogP contribution in [0.4, 0.5) is 0 Å². The average Bonchev–Trinajstić information content (AvgIpc) is 2.72. The predicted octanol–water partition coefficient (Wildman–Crippen LogP) is 2.98. The molecular weight excluding hydrogens is 284 g/mol. The molecule has 21 heavy (non-hydrogen) atoms. The number of hydrogen-bond donors (Lipinski definition) is 1. The number of aryl methyl sites for hydroxylation is 2. The van der Waals surface area contributed by atoms with Gasteiger partial charge in [0.05, 0.1) is 16.4 Å². The first-order valence-electron chi connectivity index (χ1n) is 8.13. The van der Waals surface area contributed by atoms with E-state index in [-0.39, 0.29) is 0 Å². The van der Waals surface area contributed by atoms with Crippen LogP contribution in [-0.4, -0.2) is 39.9 Å². The normalized spacial score (nSPS) is 25.2. The monoisotopic (exact) mass is 312 g/mol. The Balaban J connectivity index is 2.19. The molecule has 3 atom stereocenters. The highest BCUT2D eigenvalue weighted by Crippen LogP contribution is 2.25. The van der Waals surface area contributed by atoms with Gasteiger partial charge in [0.2, 0.25) is 0 Å². The van der Waals surface area contributed by atoms with Crippen molar-refractivity contribution in [1.29, 1.82) is 0 Å². The summed E-state index contributed by atoms with van der Waals surface area (Å²) in [7, 11) is 1.99. The summed E-state index contributed by atoms with van der Waals surface area (Å²) < 4.78 is 1.94. The van der Waals surface area contributed by atoms with Gasteiger partial charge in [0.25, 0.3) is 0 Å². The first kappa shape index (κ1) is 16.8. The van der Waals surface area contributed by atoms with E-state index in [0.29, 0.717) is 18.0 Å². The van der Waals surface area contributed by atoms with Gasteiger partial charge in [-0.3, -0.25) is 9.58 Å². The lowest BCUT2D eigenvalue weighted by atomic mass is 9.94. The number of halogens is 1. The second-order valence-corrected chi connectivity index (χ2v) is 6.74. The van der Waals surface area contributed by atoms with Gasteiger partial charge in [-0.25, -0.2) is 0 Å². The van der Waals surface area contributed by atoms with Crippen molar-refractivity contribution in [3.05, 3.63) is 16.4 Å². The molecule has 4 nitrogen and oxygen atoms in total. The van der Waals surface area contributed by atoms with Crippen LogP contribution in [0.3, 0.4) is 0 Å². The van der Waals surface area contributed by atoms with Gasteiger partial charge in [-0.05, 0) is 19.3 Å². The molecule has 1 aromatic rings. The molecule has 1 aromatic heterocycles. The predicted molar refractivity (Wildman–Crippen MR) is 88.7 cm³/mol. The Morgan fingerprint density at radius 1 is 1.43 bits per heavy atom. The SMILES string of the molecule is CCC1CN(Cc2c(Cl)c(C)nn2C)C(C(C)CC)CN1. The van der Waals surface area contributed by atoms with Gasteiger partial charge in [0.15, 0.2) is 0 Å². The summed E-state index contributed by atoms with van der Waals surface area (Å²) in [6.07, 6.45) is 2.37. The van der Waals surface area contributed by atoms with Gasteiger partial charge in [0.1, 0.15) is 0 Å².